The second-order valence-electron chi connectivity index (χ2n) is 5.30. The molecule has 3 rings (SSSR count). The van der Waals surface area contributed by atoms with Gasteiger partial charge in [-0.3, -0.25) is 15.0 Å². The summed E-state index contributed by atoms with van der Waals surface area (Å²) in [5.41, 5.74) is -1.58. The maximum atomic E-state index is 11.8. The molecule has 0 spiro atoms. The van der Waals surface area contributed by atoms with Gasteiger partial charge in [0.05, 0.1) is 28.2 Å². The molecular formula is C18H11N3O6. The third kappa shape index (κ3) is 3.21. The van der Waals surface area contributed by atoms with Gasteiger partial charge in [0.15, 0.2) is 0 Å². The minimum absolute atomic E-state index is 0.210. The highest BCUT2D eigenvalue weighted by molar-refractivity contribution is 6.12. The van der Waals surface area contributed by atoms with Gasteiger partial charge >= 0.3 is 17.9 Å². The molecule has 9 heteroatoms. The molecule has 0 radical (unpaired) electrons. The van der Waals surface area contributed by atoms with Crippen LogP contribution >= 0.6 is 0 Å². The molecule has 0 amide bonds. The van der Waals surface area contributed by atoms with Crippen molar-refractivity contribution < 1.29 is 29.7 Å². The van der Waals surface area contributed by atoms with Crippen molar-refractivity contribution in [3.8, 4) is 22.6 Å². The first-order valence-corrected chi connectivity index (χ1v) is 7.51. The van der Waals surface area contributed by atoms with Crippen molar-refractivity contribution in [3.63, 3.8) is 0 Å². The third-order valence-electron chi connectivity index (χ3n) is 3.71. The van der Waals surface area contributed by atoms with E-state index in [0.29, 0.717) is 5.69 Å². The van der Waals surface area contributed by atoms with E-state index in [1.54, 1.807) is 18.2 Å². The first-order valence-electron chi connectivity index (χ1n) is 7.51. The van der Waals surface area contributed by atoms with Crippen LogP contribution in [-0.2, 0) is 0 Å². The Labute approximate surface area is 151 Å². The number of rotatable bonds is 5. The Hall–Kier alpha value is -4.14. The SMILES string of the molecule is O=C(O)c1cnc(-c2cccnc2-c2ccccn2)c(C(=O)O)c1C(=O)O. The molecule has 0 unspecified atom stereocenters. The van der Waals surface area contributed by atoms with E-state index in [4.69, 9.17) is 0 Å². The van der Waals surface area contributed by atoms with E-state index in [1.165, 1.54) is 24.5 Å². The number of pyridine rings is 3. The summed E-state index contributed by atoms with van der Waals surface area (Å²) in [6, 6.07) is 8.09. The molecule has 134 valence electrons. The predicted molar refractivity (Wildman–Crippen MR) is 91.6 cm³/mol. The molecule has 9 nitrogen and oxygen atoms in total. The molecule has 3 heterocycles. The minimum atomic E-state index is -1.68. The Morgan fingerprint density at radius 1 is 0.704 bits per heavy atom. The molecule has 0 aliphatic rings. The number of hydrogen-bond donors (Lipinski definition) is 3. The summed E-state index contributed by atoms with van der Waals surface area (Å²) in [6.45, 7) is 0. The van der Waals surface area contributed by atoms with Crippen LogP contribution in [0.25, 0.3) is 22.6 Å². The molecule has 0 saturated carbocycles. The molecule has 0 aliphatic carbocycles. The summed E-state index contributed by atoms with van der Waals surface area (Å²) in [7, 11) is 0. The number of carboxylic acid groups (broad SMARTS) is 3. The molecule has 0 fully saturated rings. The van der Waals surface area contributed by atoms with Crippen molar-refractivity contribution in [3.05, 3.63) is 65.6 Å². The normalized spacial score (nSPS) is 10.4. The van der Waals surface area contributed by atoms with E-state index in [9.17, 15) is 29.7 Å². The number of hydrogen-bond acceptors (Lipinski definition) is 6. The van der Waals surface area contributed by atoms with Crippen molar-refractivity contribution in [2.24, 2.45) is 0 Å². The van der Waals surface area contributed by atoms with Gasteiger partial charge in [-0.15, -0.1) is 0 Å². The first-order chi connectivity index (χ1) is 12.9. The topological polar surface area (TPSA) is 151 Å². The fourth-order valence-corrected chi connectivity index (χ4v) is 2.61. The zero-order valence-electron chi connectivity index (χ0n) is 13.5. The Bertz CT molecular complexity index is 1070. The highest BCUT2D eigenvalue weighted by Crippen LogP contribution is 2.32. The van der Waals surface area contributed by atoms with Gasteiger partial charge in [-0.25, -0.2) is 14.4 Å². The maximum Gasteiger partial charge on any atom is 0.338 e. The maximum absolute atomic E-state index is 11.8. The monoisotopic (exact) mass is 365 g/mol. The highest BCUT2D eigenvalue weighted by Gasteiger charge is 2.29. The fourth-order valence-electron chi connectivity index (χ4n) is 2.61. The Balaban J connectivity index is 2.38. The standard InChI is InChI=1S/C18H11N3O6/c22-16(23)10-8-21-15(13(18(26)27)12(10)17(24)25)9-4-3-7-20-14(9)11-5-1-2-6-19-11/h1-8H,(H,22,23)(H,24,25)(H,26,27). The van der Waals surface area contributed by atoms with Gasteiger partial charge in [0, 0.05) is 24.2 Å². The summed E-state index contributed by atoms with van der Waals surface area (Å²) in [4.78, 5) is 47.0. The van der Waals surface area contributed by atoms with Gasteiger partial charge in [-0.2, -0.15) is 0 Å². The van der Waals surface area contributed by atoms with Gasteiger partial charge in [-0.05, 0) is 24.3 Å². The molecule has 3 N–H and O–H groups in total. The molecule has 3 aromatic heterocycles. The molecule has 27 heavy (non-hydrogen) atoms. The molecule has 0 saturated heterocycles. The molecule has 0 atom stereocenters. The zero-order valence-corrected chi connectivity index (χ0v) is 13.5. The fraction of sp³-hybridized carbons (Fsp3) is 0. The van der Waals surface area contributed by atoms with E-state index in [-0.39, 0.29) is 17.0 Å². The van der Waals surface area contributed by atoms with Crippen LogP contribution in [0.5, 0.6) is 0 Å². The third-order valence-corrected chi connectivity index (χ3v) is 3.71. The number of nitrogens with zero attached hydrogens (tertiary/aromatic N) is 3. The van der Waals surface area contributed by atoms with Gasteiger partial charge in [0.2, 0.25) is 0 Å². The van der Waals surface area contributed by atoms with Crippen molar-refractivity contribution >= 4 is 17.9 Å². The van der Waals surface area contributed by atoms with E-state index >= 15 is 0 Å². The van der Waals surface area contributed by atoms with Crippen LogP contribution in [0.15, 0.2) is 48.9 Å². The van der Waals surface area contributed by atoms with Crippen LogP contribution in [0.1, 0.15) is 31.1 Å². The first kappa shape index (κ1) is 17.7. The van der Waals surface area contributed by atoms with E-state index in [0.717, 1.165) is 6.20 Å². The lowest BCUT2D eigenvalue weighted by Gasteiger charge is -2.13. The van der Waals surface area contributed by atoms with Crippen LogP contribution in [-0.4, -0.2) is 48.2 Å². The number of carboxylic acids is 3. The number of carbonyl (C=O) groups is 3. The molecule has 3 aromatic rings. The highest BCUT2D eigenvalue weighted by atomic mass is 16.4. The smallest absolute Gasteiger partial charge is 0.338 e. The van der Waals surface area contributed by atoms with Crippen molar-refractivity contribution in [1.82, 2.24) is 15.0 Å². The molecule has 0 bridgehead atoms. The Kier molecular flexibility index (Phi) is 4.58. The summed E-state index contributed by atoms with van der Waals surface area (Å²) in [6.07, 6.45) is 3.82. The van der Waals surface area contributed by atoms with E-state index < -0.39 is 34.6 Å². The van der Waals surface area contributed by atoms with Crippen molar-refractivity contribution in [2.45, 2.75) is 0 Å². The molecular weight excluding hydrogens is 354 g/mol. The van der Waals surface area contributed by atoms with Crippen LogP contribution in [0.4, 0.5) is 0 Å². The largest absolute Gasteiger partial charge is 0.478 e. The van der Waals surface area contributed by atoms with Gasteiger partial charge < -0.3 is 15.3 Å². The summed E-state index contributed by atoms with van der Waals surface area (Å²) in [5.74, 6) is -4.89. The predicted octanol–water partition coefficient (Wildman–Crippen LogP) is 2.30. The summed E-state index contributed by atoms with van der Waals surface area (Å²) in [5, 5.41) is 28.2. The molecule has 0 aliphatic heterocycles. The van der Waals surface area contributed by atoms with Crippen molar-refractivity contribution in [2.75, 3.05) is 0 Å². The minimum Gasteiger partial charge on any atom is -0.478 e. The summed E-state index contributed by atoms with van der Waals surface area (Å²) >= 11 is 0. The Morgan fingerprint density at radius 2 is 1.41 bits per heavy atom. The summed E-state index contributed by atoms with van der Waals surface area (Å²) < 4.78 is 0. The quantitative estimate of drug-likeness (QED) is 0.618. The van der Waals surface area contributed by atoms with Gasteiger partial charge in [0.25, 0.3) is 0 Å². The molecule has 0 aromatic carbocycles. The number of aromatic nitrogens is 3. The van der Waals surface area contributed by atoms with Crippen molar-refractivity contribution in [1.29, 1.82) is 0 Å². The average Bonchev–Trinajstić information content (AvgIpc) is 2.67. The lowest BCUT2D eigenvalue weighted by molar-refractivity contribution is 0.0633. The van der Waals surface area contributed by atoms with Gasteiger partial charge in [-0.1, -0.05) is 6.07 Å². The van der Waals surface area contributed by atoms with Gasteiger partial charge in [0.1, 0.15) is 5.56 Å². The lowest BCUT2D eigenvalue weighted by atomic mass is 9.95. The van der Waals surface area contributed by atoms with E-state index in [1.807, 2.05) is 0 Å². The number of aromatic carboxylic acids is 3. The van der Waals surface area contributed by atoms with Crippen LogP contribution < -0.4 is 0 Å². The Morgan fingerprint density at radius 3 is 2.00 bits per heavy atom. The van der Waals surface area contributed by atoms with Crippen LogP contribution in [0.2, 0.25) is 0 Å². The zero-order chi connectivity index (χ0) is 19.6. The van der Waals surface area contributed by atoms with E-state index in [2.05, 4.69) is 15.0 Å². The second kappa shape index (κ2) is 7.00. The average molecular weight is 365 g/mol. The lowest BCUT2D eigenvalue weighted by Crippen LogP contribution is -2.17. The van der Waals surface area contributed by atoms with Crippen LogP contribution in [0.3, 0.4) is 0 Å². The second-order valence-corrected chi connectivity index (χ2v) is 5.30. The van der Waals surface area contributed by atoms with Crippen LogP contribution in [0, 0.1) is 0 Å².